The summed E-state index contributed by atoms with van der Waals surface area (Å²) in [6, 6.07) is 12.2. The molecule has 1 aliphatic heterocycles. The van der Waals surface area contributed by atoms with E-state index in [0.29, 0.717) is 18.0 Å². The molecule has 0 bridgehead atoms. The molecule has 1 aromatic heterocycles. The Kier molecular flexibility index (Phi) is 5.71. The van der Waals surface area contributed by atoms with Crippen LogP contribution < -0.4 is 9.47 Å². The number of aromatic nitrogens is 4. The zero-order chi connectivity index (χ0) is 20.2. The quantitative estimate of drug-likeness (QED) is 0.611. The van der Waals surface area contributed by atoms with Crippen molar-refractivity contribution in [3.05, 3.63) is 65.2 Å². The van der Waals surface area contributed by atoms with Crippen molar-refractivity contribution in [1.29, 1.82) is 0 Å². The van der Waals surface area contributed by atoms with E-state index in [2.05, 4.69) is 20.4 Å². The SMILES string of the molecule is COc1ccc(C(c2nnnn2Cc2ccc(F)cc2)N2CCCC2)cc1OC. The van der Waals surface area contributed by atoms with Crippen molar-refractivity contribution in [3.63, 3.8) is 0 Å². The minimum absolute atomic E-state index is 0.104. The number of methoxy groups -OCH3 is 2. The van der Waals surface area contributed by atoms with Crippen molar-refractivity contribution >= 4 is 0 Å². The Hall–Kier alpha value is -3.00. The maximum absolute atomic E-state index is 13.3. The highest BCUT2D eigenvalue weighted by Crippen LogP contribution is 2.36. The Balaban J connectivity index is 1.72. The van der Waals surface area contributed by atoms with Crippen molar-refractivity contribution in [2.75, 3.05) is 27.3 Å². The van der Waals surface area contributed by atoms with E-state index in [-0.39, 0.29) is 11.9 Å². The van der Waals surface area contributed by atoms with Crippen LogP contribution in [0, 0.1) is 5.82 Å². The Bertz CT molecular complexity index is 954. The van der Waals surface area contributed by atoms with E-state index in [0.717, 1.165) is 42.9 Å². The molecule has 4 rings (SSSR count). The first kappa shape index (κ1) is 19.3. The summed E-state index contributed by atoms with van der Waals surface area (Å²) in [5, 5.41) is 12.5. The van der Waals surface area contributed by atoms with Gasteiger partial charge in [0.2, 0.25) is 0 Å². The van der Waals surface area contributed by atoms with Gasteiger partial charge in [0.1, 0.15) is 5.82 Å². The van der Waals surface area contributed by atoms with Gasteiger partial charge < -0.3 is 9.47 Å². The lowest BCUT2D eigenvalue weighted by molar-refractivity contribution is 0.263. The van der Waals surface area contributed by atoms with Gasteiger partial charge in [-0.05, 0) is 71.8 Å². The smallest absolute Gasteiger partial charge is 0.173 e. The van der Waals surface area contributed by atoms with Crippen molar-refractivity contribution in [2.24, 2.45) is 0 Å². The fraction of sp³-hybridized carbons (Fsp3) is 0.381. The van der Waals surface area contributed by atoms with Crippen LogP contribution in [-0.4, -0.2) is 52.4 Å². The molecule has 1 atom stereocenters. The third-order valence-electron chi connectivity index (χ3n) is 5.28. The van der Waals surface area contributed by atoms with Crippen LogP contribution in [0.15, 0.2) is 42.5 Å². The minimum Gasteiger partial charge on any atom is -0.493 e. The summed E-state index contributed by atoms with van der Waals surface area (Å²) in [6.07, 6.45) is 2.28. The summed E-state index contributed by atoms with van der Waals surface area (Å²) < 4.78 is 25.9. The Morgan fingerprint density at radius 3 is 2.41 bits per heavy atom. The van der Waals surface area contributed by atoms with Gasteiger partial charge in [0.15, 0.2) is 17.3 Å². The Morgan fingerprint density at radius 1 is 1.00 bits per heavy atom. The van der Waals surface area contributed by atoms with Gasteiger partial charge in [-0.1, -0.05) is 18.2 Å². The lowest BCUT2D eigenvalue weighted by Gasteiger charge is -2.27. The van der Waals surface area contributed by atoms with Gasteiger partial charge >= 0.3 is 0 Å². The van der Waals surface area contributed by atoms with Gasteiger partial charge in [0.05, 0.1) is 26.8 Å². The predicted molar refractivity (Wildman–Crippen MR) is 106 cm³/mol. The molecular weight excluding hydrogens is 373 g/mol. The van der Waals surface area contributed by atoms with Crippen molar-refractivity contribution in [1.82, 2.24) is 25.1 Å². The fourth-order valence-electron chi connectivity index (χ4n) is 3.83. The molecule has 1 aliphatic rings. The number of halogens is 1. The molecule has 1 unspecified atom stereocenters. The van der Waals surface area contributed by atoms with Gasteiger partial charge in [-0.2, -0.15) is 0 Å². The maximum atomic E-state index is 13.3. The molecule has 0 spiro atoms. The third-order valence-corrected chi connectivity index (χ3v) is 5.28. The molecule has 0 aliphatic carbocycles. The number of nitrogens with zero attached hydrogens (tertiary/aromatic N) is 5. The second-order valence-corrected chi connectivity index (χ2v) is 7.08. The van der Waals surface area contributed by atoms with E-state index in [1.54, 1.807) is 31.0 Å². The number of hydrogen-bond acceptors (Lipinski definition) is 6. The van der Waals surface area contributed by atoms with Crippen molar-refractivity contribution < 1.29 is 13.9 Å². The monoisotopic (exact) mass is 397 g/mol. The first-order valence-corrected chi connectivity index (χ1v) is 9.66. The molecule has 0 saturated carbocycles. The molecule has 7 nitrogen and oxygen atoms in total. The van der Waals surface area contributed by atoms with Crippen LogP contribution >= 0.6 is 0 Å². The molecule has 0 radical (unpaired) electrons. The normalized spacial score (nSPS) is 15.4. The molecular formula is C21H24FN5O2. The lowest BCUT2D eigenvalue weighted by Crippen LogP contribution is -2.29. The summed E-state index contributed by atoms with van der Waals surface area (Å²) in [5.41, 5.74) is 1.98. The van der Waals surface area contributed by atoms with Crippen LogP contribution in [0.25, 0.3) is 0 Å². The van der Waals surface area contributed by atoms with Crippen LogP contribution in [0.1, 0.15) is 35.8 Å². The average Bonchev–Trinajstić information content (AvgIpc) is 3.43. The number of likely N-dealkylation sites (tertiary alicyclic amines) is 1. The minimum atomic E-state index is -0.258. The number of tetrazole rings is 1. The number of hydrogen-bond donors (Lipinski definition) is 0. The van der Waals surface area contributed by atoms with Gasteiger partial charge in [-0.25, -0.2) is 9.07 Å². The molecule has 2 heterocycles. The molecule has 29 heavy (non-hydrogen) atoms. The zero-order valence-electron chi connectivity index (χ0n) is 16.6. The summed E-state index contributed by atoms with van der Waals surface area (Å²) >= 11 is 0. The van der Waals surface area contributed by atoms with E-state index in [1.165, 1.54) is 12.1 Å². The van der Waals surface area contributed by atoms with Crippen molar-refractivity contribution in [3.8, 4) is 11.5 Å². The summed E-state index contributed by atoms with van der Waals surface area (Å²) in [6.45, 7) is 2.42. The topological polar surface area (TPSA) is 65.3 Å². The average molecular weight is 397 g/mol. The molecule has 1 fully saturated rings. The molecule has 8 heteroatoms. The van der Waals surface area contributed by atoms with Crippen LogP contribution in [0.2, 0.25) is 0 Å². The van der Waals surface area contributed by atoms with E-state index in [1.807, 2.05) is 18.2 Å². The van der Waals surface area contributed by atoms with Crippen LogP contribution in [-0.2, 0) is 6.54 Å². The van der Waals surface area contributed by atoms with Crippen molar-refractivity contribution in [2.45, 2.75) is 25.4 Å². The fourth-order valence-corrected chi connectivity index (χ4v) is 3.83. The summed E-state index contributed by atoms with van der Waals surface area (Å²) in [7, 11) is 3.25. The predicted octanol–water partition coefficient (Wildman–Crippen LogP) is 3.06. The first-order valence-electron chi connectivity index (χ1n) is 9.66. The lowest BCUT2D eigenvalue weighted by atomic mass is 10.0. The number of benzene rings is 2. The van der Waals surface area contributed by atoms with Gasteiger partial charge in [0.25, 0.3) is 0 Å². The number of rotatable bonds is 7. The highest BCUT2D eigenvalue weighted by molar-refractivity contribution is 5.45. The molecule has 0 amide bonds. The van der Waals surface area contributed by atoms with E-state index in [4.69, 9.17) is 9.47 Å². The van der Waals surface area contributed by atoms with Crippen LogP contribution in [0.3, 0.4) is 0 Å². The van der Waals surface area contributed by atoms with E-state index < -0.39 is 0 Å². The first-order chi connectivity index (χ1) is 14.2. The van der Waals surface area contributed by atoms with E-state index in [9.17, 15) is 4.39 Å². The molecule has 1 saturated heterocycles. The van der Waals surface area contributed by atoms with Gasteiger partial charge in [-0.3, -0.25) is 4.90 Å². The van der Waals surface area contributed by atoms with Crippen LogP contribution in [0.4, 0.5) is 4.39 Å². The highest BCUT2D eigenvalue weighted by atomic mass is 19.1. The van der Waals surface area contributed by atoms with Crippen LogP contribution in [0.5, 0.6) is 11.5 Å². The number of ether oxygens (including phenoxy) is 2. The highest BCUT2D eigenvalue weighted by Gasteiger charge is 2.30. The third kappa shape index (κ3) is 4.07. The van der Waals surface area contributed by atoms with Gasteiger partial charge in [0, 0.05) is 0 Å². The second kappa shape index (κ2) is 8.57. The van der Waals surface area contributed by atoms with Gasteiger partial charge in [-0.15, -0.1) is 5.10 Å². The zero-order valence-corrected chi connectivity index (χ0v) is 16.6. The summed E-state index contributed by atoms with van der Waals surface area (Å²) in [5.74, 6) is 1.85. The molecule has 0 N–H and O–H groups in total. The largest absolute Gasteiger partial charge is 0.493 e. The standard InChI is InChI=1S/C21H24FN5O2/c1-28-18-10-7-16(13-19(18)29-2)20(26-11-3-4-12-26)21-23-24-25-27(21)14-15-5-8-17(22)9-6-15/h5-10,13,20H,3-4,11-12,14H2,1-2H3. The summed E-state index contributed by atoms with van der Waals surface area (Å²) in [4.78, 5) is 2.38. The molecule has 2 aromatic carbocycles. The molecule has 152 valence electrons. The van der Waals surface area contributed by atoms with E-state index >= 15 is 0 Å². The molecule has 3 aromatic rings. The Morgan fingerprint density at radius 2 is 1.72 bits per heavy atom. The maximum Gasteiger partial charge on any atom is 0.173 e. The Labute approximate surface area is 169 Å². The second-order valence-electron chi connectivity index (χ2n) is 7.08.